The van der Waals surface area contributed by atoms with E-state index in [0.717, 1.165) is 26.1 Å². The average molecular weight is 214 g/mol. The number of hydrogen-bond acceptors (Lipinski definition) is 3. The Morgan fingerprint density at radius 1 is 1.33 bits per heavy atom. The predicted octanol–water partition coefficient (Wildman–Crippen LogP) is 1.08. The zero-order valence-electron chi connectivity index (χ0n) is 10.6. The Morgan fingerprint density at radius 2 is 2.00 bits per heavy atom. The summed E-state index contributed by atoms with van der Waals surface area (Å²) in [4.78, 5) is 2.43. The Morgan fingerprint density at radius 3 is 2.40 bits per heavy atom. The molecule has 3 heteroatoms. The topological polar surface area (TPSA) is 35.5 Å². The van der Waals surface area contributed by atoms with Gasteiger partial charge in [0.05, 0.1) is 12.1 Å². The fraction of sp³-hybridized carbons (Fsp3) is 1.00. The van der Waals surface area contributed by atoms with Crippen LogP contribution in [0.3, 0.4) is 0 Å². The Bertz CT molecular complexity index is 194. The molecule has 0 aromatic carbocycles. The Kier molecular flexibility index (Phi) is 4.56. The van der Waals surface area contributed by atoms with Crippen LogP contribution in [0, 0.1) is 5.92 Å². The van der Waals surface area contributed by atoms with E-state index in [-0.39, 0.29) is 12.1 Å². The average Bonchev–Trinajstić information content (AvgIpc) is 2.60. The van der Waals surface area contributed by atoms with Gasteiger partial charge in [0.2, 0.25) is 0 Å². The van der Waals surface area contributed by atoms with Crippen LogP contribution in [0.5, 0.6) is 0 Å². The molecule has 0 saturated carbocycles. The van der Waals surface area contributed by atoms with Crippen molar-refractivity contribution in [3.8, 4) is 0 Å². The van der Waals surface area contributed by atoms with Gasteiger partial charge >= 0.3 is 0 Å². The highest BCUT2D eigenvalue weighted by Crippen LogP contribution is 2.22. The van der Waals surface area contributed by atoms with E-state index in [4.69, 9.17) is 0 Å². The van der Waals surface area contributed by atoms with Crippen LogP contribution in [-0.2, 0) is 0 Å². The molecule has 2 N–H and O–H groups in total. The van der Waals surface area contributed by atoms with Crippen LogP contribution in [-0.4, -0.2) is 47.8 Å². The fourth-order valence-corrected chi connectivity index (χ4v) is 2.10. The molecular weight excluding hydrogens is 188 g/mol. The number of likely N-dealkylation sites (tertiary alicyclic amines) is 1. The van der Waals surface area contributed by atoms with Crippen LogP contribution in [0.1, 0.15) is 34.1 Å². The summed E-state index contributed by atoms with van der Waals surface area (Å²) < 4.78 is 0. The van der Waals surface area contributed by atoms with Crippen LogP contribution < -0.4 is 5.32 Å². The molecule has 90 valence electrons. The zero-order valence-corrected chi connectivity index (χ0v) is 10.6. The minimum Gasteiger partial charge on any atom is -0.394 e. The molecule has 0 bridgehead atoms. The molecule has 0 aromatic rings. The van der Waals surface area contributed by atoms with Gasteiger partial charge < -0.3 is 10.4 Å². The van der Waals surface area contributed by atoms with E-state index in [9.17, 15) is 5.11 Å². The number of aliphatic hydroxyl groups is 1. The first-order valence-electron chi connectivity index (χ1n) is 6.09. The maximum absolute atomic E-state index is 9.54. The van der Waals surface area contributed by atoms with Gasteiger partial charge in [-0.05, 0) is 32.7 Å². The van der Waals surface area contributed by atoms with Gasteiger partial charge in [-0.15, -0.1) is 0 Å². The van der Waals surface area contributed by atoms with Gasteiger partial charge in [-0.2, -0.15) is 0 Å². The first kappa shape index (κ1) is 12.9. The van der Waals surface area contributed by atoms with Gasteiger partial charge in [0.15, 0.2) is 0 Å². The highest BCUT2D eigenvalue weighted by Gasteiger charge is 2.37. The maximum atomic E-state index is 9.54. The van der Waals surface area contributed by atoms with Gasteiger partial charge in [-0.25, -0.2) is 0 Å². The summed E-state index contributed by atoms with van der Waals surface area (Å²) in [6, 6.07) is 0.583. The highest BCUT2D eigenvalue weighted by molar-refractivity contribution is 4.97. The number of nitrogens with zero attached hydrogens (tertiary/aromatic N) is 1. The van der Waals surface area contributed by atoms with Crippen molar-refractivity contribution in [2.75, 3.05) is 26.2 Å². The van der Waals surface area contributed by atoms with Crippen LogP contribution in [0.25, 0.3) is 0 Å². The maximum Gasteiger partial charge on any atom is 0.0626 e. The first-order chi connectivity index (χ1) is 6.99. The lowest BCUT2D eigenvalue weighted by Crippen LogP contribution is -2.52. The molecule has 3 nitrogen and oxygen atoms in total. The minimum absolute atomic E-state index is 0.0471. The normalized spacial score (nSPS) is 28.2. The second kappa shape index (κ2) is 5.28. The molecule has 1 unspecified atom stereocenters. The molecule has 0 aliphatic carbocycles. The van der Waals surface area contributed by atoms with Crippen molar-refractivity contribution < 1.29 is 5.11 Å². The van der Waals surface area contributed by atoms with Gasteiger partial charge in [-0.1, -0.05) is 13.8 Å². The molecule has 1 rings (SSSR count). The van der Waals surface area contributed by atoms with E-state index in [1.54, 1.807) is 0 Å². The third-order valence-corrected chi connectivity index (χ3v) is 3.30. The third kappa shape index (κ3) is 3.44. The number of nitrogens with one attached hydrogen (secondary N) is 1. The molecule has 0 spiro atoms. The number of rotatable bonds is 5. The van der Waals surface area contributed by atoms with Crippen molar-refractivity contribution in [2.45, 2.75) is 45.7 Å². The summed E-state index contributed by atoms with van der Waals surface area (Å²) in [5.74, 6) is 0.640. The van der Waals surface area contributed by atoms with Crippen molar-refractivity contribution in [2.24, 2.45) is 5.92 Å². The Hall–Kier alpha value is -0.120. The number of aliphatic hydroxyl groups excluding tert-OH is 1. The summed E-state index contributed by atoms with van der Waals surface area (Å²) in [5.41, 5.74) is -0.0471. The van der Waals surface area contributed by atoms with Gasteiger partial charge in [0.1, 0.15) is 0 Å². The number of hydrogen-bond donors (Lipinski definition) is 2. The van der Waals surface area contributed by atoms with E-state index in [2.05, 4.69) is 37.9 Å². The van der Waals surface area contributed by atoms with Crippen LogP contribution in [0.4, 0.5) is 0 Å². The molecule has 0 aromatic heterocycles. The van der Waals surface area contributed by atoms with Crippen molar-refractivity contribution in [1.29, 1.82) is 0 Å². The largest absolute Gasteiger partial charge is 0.394 e. The van der Waals surface area contributed by atoms with E-state index in [1.165, 1.54) is 0 Å². The van der Waals surface area contributed by atoms with E-state index < -0.39 is 0 Å². The molecule has 15 heavy (non-hydrogen) atoms. The van der Waals surface area contributed by atoms with Crippen LogP contribution in [0.15, 0.2) is 0 Å². The summed E-state index contributed by atoms with van der Waals surface area (Å²) in [5, 5.41) is 13.1. The van der Waals surface area contributed by atoms with Gasteiger partial charge in [0.25, 0.3) is 0 Å². The first-order valence-corrected chi connectivity index (χ1v) is 6.09. The van der Waals surface area contributed by atoms with Crippen molar-refractivity contribution in [3.63, 3.8) is 0 Å². The molecule has 0 amide bonds. The van der Waals surface area contributed by atoms with E-state index in [1.807, 2.05) is 0 Å². The zero-order chi connectivity index (χ0) is 11.5. The minimum atomic E-state index is -0.0471. The van der Waals surface area contributed by atoms with Crippen molar-refractivity contribution in [1.82, 2.24) is 10.2 Å². The molecular formula is C12H26N2O. The second-order valence-electron chi connectivity index (χ2n) is 5.53. The highest BCUT2D eigenvalue weighted by atomic mass is 16.3. The molecule has 1 saturated heterocycles. The summed E-state index contributed by atoms with van der Waals surface area (Å²) in [6.45, 7) is 12.2. The molecule has 1 aliphatic heterocycles. The predicted molar refractivity (Wildman–Crippen MR) is 64.0 cm³/mol. The summed E-state index contributed by atoms with van der Waals surface area (Å²) in [6.07, 6.45) is 1.06. The van der Waals surface area contributed by atoms with Crippen LogP contribution >= 0.6 is 0 Å². The quantitative estimate of drug-likeness (QED) is 0.719. The lowest BCUT2D eigenvalue weighted by Gasteiger charge is -2.30. The standard InChI is InChI=1S/C12H26N2O/c1-10(2)7-13-12(9-15)5-6-14(8-12)11(3)4/h10-11,13,15H,5-9H2,1-4H3. The lowest BCUT2D eigenvalue weighted by atomic mass is 9.99. The Labute approximate surface area is 93.9 Å². The fourth-order valence-electron chi connectivity index (χ4n) is 2.10. The molecule has 1 fully saturated rings. The van der Waals surface area contributed by atoms with Crippen LogP contribution in [0.2, 0.25) is 0 Å². The smallest absolute Gasteiger partial charge is 0.0626 e. The second-order valence-corrected chi connectivity index (χ2v) is 5.53. The van der Waals surface area contributed by atoms with E-state index in [0.29, 0.717) is 12.0 Å². The Balaban J connectivity index is 2.48. The summed E-state index contributed by atoms with van der Waals surface area (Å²) >= 11 is 0. The molecule has 1 atom stereocenters. The van der Waals surface area contributed by atoms with Gasteiger partial charge in [-0.3, -0.25) is 4.90 Å². The summed E-state index contributed by atoms with van der Waals surface area (Å²) in [7, 11) is 0. The van der Waals surface area contributed by atoms with Crippen molar-refractivity contribution in [3.05, 3.63) is 0 Å². The monoisotopic (exact) mass is 214 g/mol. The SMILES string of the molecule is CC(C)CNC1(CO)CCN(C(C)C)C1. The van der Waals surface area contributed by atoms with Gasteiger partial charge in [0, 0.05) is 19.1 Å². The molecule has 1 aliphatic rings. The van der Waals surface area contributed by atoms with Crippen molar-refractivity contribution >= 4 is 0 Å². The molecule has 1 heterocycles. The third-order valence-electron chi connectivity index (χ3n) is 3.30. The molecule has 0 radical (unpaired) electrons. The lowest BCUT2D eigenvalue weighted by molar-refractivity contribution is 0.150. The van der Waals surface area contributed by atoms with E-state index >= 15 is 0 Å².